The van der Waals surface area contributed by atoms with Crippen molar-refractivity contribution in [2.24, 2.45) is 12.0 Å². The maximum absolute atomic E-state index is 4.62. The second-order valence-electron chi connectivity index (χ2n) is 6.26. The summed E-state index contributed by atoms with van der Waals surface area (Å²) in [6.07, 6.45) is 2.06. The number of aromatic nitrogens is 2. The van der Waals surface area contributed by atoms with Crippen molar-refractivity contribution in [3.8, 4) is 0 Å². The van der Waals surface area contributed by atoms with Crippen LogP contribution in [0.15, 0.2) is 59.7 Å². The predicted octanol–water partition coefficient (Wildman–Crippen LogP) is 3.31. The average molecular weight is 478 g/mol. The van der Waals surface area contributed by atoms with Gasteiger partial charge in [0.1, 0.15) is 5.82 Å². The molecule has 0 saturated carbocycles. The van der Waals surface area contributed by atoms with Crippen LogP contribution in [0, 0.1) is 0 Å². The van der Waals surface area contributed by atoms with E-state index in [4.69, 9.17) is 0 Å². The average Bonchev–Trinajstić information content (AvgIpc) is 3.06. The molecule has 0 spiro atoms. The number of anilines is 1. The SMILES string of the molecule is CN=C(NCCNc1ccc2ccccc2n1)N(C)Cc1cccn1C.I. The molecule has 2 heterocycles. The van der Waals surface area contributed by atoms with E-state index < -0.39 is 0 Å². The molecule has 0 atom stereocenters. The van der Waals surface area contributed by atoms with Gasteiger partial charge in [0.05, 0.1) is 12.1 Å². The fraction of sp³-hybridized carbons (Fsp3) is 0.300. The molecule has 144 valence electrons. The van der Waals surface area contributed by atoms with Crippen LogP contribution in [0.3, 0.4) is 0 Å². The molecule has 3 rings (SSSR count). The third-order valence-electron chi connectivity index (χ3n) is 4.34. The van der Waals surface area contributed by atoms with Crippen molar-refractivity contribution in [1.82, 2.24) is 19.8 Å². The van der Waals surface area contributed by atoms with Gasteiger partial charge in [-0.05, 0) is 30.3 Å². The van der Waals surface area contributed by atoms with Gasteiger partial charge < -0.3 is 20.1 Å². The van der Waals surface area contributed by atoms with Gasteiger partial charge in [-0.15, -0.1) is 24.0 Å². The Balaban J connectivity index is 0.00000261. The Morgan fingerprint density at radius 2 is 1.93 bits per heavy atom. The number of nitrogens with one attached hydrogen (secondary N) is 2. The molecule has 7 heteroatoms. The van der Waals surface area contributed by atoms with E-state index in [1.165, 1.54) is 5.69 Å². The third-order valence-corrected chi connectivity index (χ3v) is 4.34. The zero-order valence-electron chi connectivity index (χ0n) is 16.0. The fourth-order valence-electron chi connectivity index (χ4n) is 2.89. The molecular weight excluding hydrogens is 451 g/mol. The number of hydrogen-bond donors (Lipinski definition) is 2. The van der Waals surface area contributed by atoms with Gasteiger partial charge in [0.15, 0.2) is 5.96 Å². The quantitative estimate of drug-likeness (QED) is 0.247. The third kappa shape index (κ3) is 5.59. The van der Waals surface area contributed by atoms with Gasteiger partial charge in [-0.25, -0.2) is 4.98 Å². The lowest BCUT2D eigenvalue weighted by atomic mass is 10.2. The van der Waals surface area contributed by atoms with Crippen LogP contribution in [-0.2, 0) is 13.6 Å². The van der Waals surface area contributed by atoms with Crippen LogP contribution >= 0.6 is 24.0 Å². The number of pyridine rings is 1. The van der Waals surface area contributed by atoms with Gasteiger partial charge in [0, 0.05) is 51.5 Å². The molecule has 0 aliphatic rings. The molecular formula is C20H27IN6. The van der Waals surface area contributed by atoms with E-state index in [1.807, 2.05) is 38.4 Å². The summed E-state index contributed by atoms with van der Waals surface area (Å²) in [5.74, 6) is 1.76. The number of para-hydroxylation sites is 1. The lowest BCUT2D eigenvalue weighted by Crippen LogP contribution is -2.40. The van der Waals surface area contributed by atoms with Gasteiger partial charge in [-0.1, -0.05) is 18.2 Å². The van der Waals surface area contributed by atoms with Gasteiger partial charge in [0.25, 0.3) is 0 Å². The first-order chi connectivity index (χ1) is 12.7. The number of aliphatic imine (C=N–C) groups is 1. The molecule has 2 N–H and O–H groups in total. The Bertz CT molecular complexity index is 889. The smallest absolute Gasteiger partial charge is 0.193 e. The molecule has 0 saturated heterocycles. The highest BCUT2D eigenvalue weighted by molar-refractivity contribution is 14.0. The molecule has 0 amide bonds. The Hall–Kier alpha value is -2.29. The molecule has 3 aromatic rings. The van der Waals surface area contributed by atoms with Crippen LogP contribution in [0.4, 0.5) is 5.82 Å². The summed E-state index contributed by atoms with van der Waals surface area (Å²) < 4.78 is 2.12. The van der Waals surface area contributed by atoms with Crippen molar-refractivity contribution in [2.75, 3.05) is 32.5 Å². The van der Waals surface area contributed by atoms with Gasteiger partial charge in [0.2, 0.25) is 0 Å². The van der Waals surface area contributed by atoms with E-state index >= 15 is 0 Å². The maximum atomic E-state index is 4.62. The van der Waals surface area contributed by atoms with Crippen molar-refractivity contribution in [3.05, 3.63) is 60.4 Å². The molecule has 0 radical (unpaired) electrons. The van der Waals surface area contributed by atoms with Crippen LogP contribution in [0.2, 0.25) is 0 Å². The van der Waals surface area contributed by atoms with Crippen LogP contribution in [0.1, 0.15) is 5.69 Å². The molecule has 27 heavy (non-hydrogen) atoms. The first-order valence-corrected chi connectivity index (χ1v) is 8.79. The van der Waals surface area contributed by atoms with Crippen LogP contribution in [0.25, 0.3) is 10.9 Å². The predicted molar refractivity (Wildman–Crippen MR) is 124 cm³/mol. The van der Waals surface area contributed by atoms with E-state index in [0.29, 0.717) is 0 Å². The van der Waals surface area contributed by atoms with Crippen molar-refractivity contribution < 1.29 is 0 Å². The van der Waals surface area contributed by atoms with E-state index in [-0.39, 0.29) is 24.0 Å². The first-order valence-electron chi connectivity index (χ1n) is 8.79. The standard InChI is InChI=1S/C20H26N6.HI/c1-21-20(26(3)15-17-8-6-14-25(17)2)23-13-12-22-19-11-10-16-7-4-5-9-18(16)24-19;/h4-11,14H,12-13,15H2,1-3H3,(H,21,23)(H,22,24);1H. The second-order valence-corrected chi connectivity index (χ2v) is 6.26. The van der Waals surface area contributed by atoms with Gasteiger partial charge in [-0.2, -0.15) is 0 Å². The van der Waals surface area contributed by atoms with E-state index in [1.54, 1.807) is 0 Å². The second kappa shape index (κ2) is 10.1. The fourth-order valence-corrected chi connectivity index (χ4v) is 2.89. The minimum absolute atomic E-state index is 0. The van der Waals surface area contributed by atoms with Crippen molar-refractivity contribution >= 4 is 46.7 Å². The summed E-state index contributed by atoms with van der Waals surface area (Å²) in [5.41, 5.74) is 2.25. The zero-order valence-corrected chi connectivity index (χ0v) is 18.3. The molecule has 0 aliphatic heterocycles. The highest BCUT2D eigenvalue weighted by Gasteiger charge is 2.07. The summed E-state index contributed by atoms with van der Waals surface area (Å²) in [7, 11) is 5.91. The molecule has 1 aromatic carbocycles. The highest BCUT2D eigenvalue weighted by Crippen LogP contribution is 2.14. The molecule has 0 bridgehead atoms. The summed E-state index contributed by atoms with van der Waals surface area (Å²) >= 11 is 0. The topological polar surface area (TPSA) is 57.5 Å². The summed E-state index contributed by atoms with van der Waals surface area (Å²) in [5, 5.41) is 7.90. The molecule has 0 fully saturated rings. The highest BCUT2D eigenvalue weighted by atomic mass is 127. The first kappa shape index (κ1) is 21.0. The van der Waals surface area contributed by atoms with Crippen molar-refractivity contribution in [1.29, 1.82) is 0 Å². The Morgan fingerprint density at radius 1 is 1.11 bits per heavy atom. The zero-order chi connectivity index (χ0) is 18.4. The maximum Gasteiger partial charge on any atom is 0.193 e. The van der Waals surface area contributed by atoms with Gasteiger partial charge in [-0.3, -0.25) is 4.99 Å². The van der Waals surface area contributed by atoms with E-state index in [0.717, 1.165) is 42.3 Å². The molecule has 2 aromatic heterocycles. The number of nitrogens with zero attached hydrogens (tertiary/aromatic N) is 4. The van der Waals surface area contributed by atoms with Crippen LogP contribution in [-0.4, -0.2) is 47.6 Å². The molecule has 0 aliphatic carbocycles. The number of rotatable bonds is 6. The summed E-state index contributed by atoms with van der Waals surface area (Å²) in [4.78, 5) is 11.1. The van der Waals surface area contributed by atoms with Gasteiger partial charge >= 0.3 is 0 Å². The number of aryl methyl sites for hydroxylation is 1. The van der Waals surface area contributed by atoms with Crippen molar-refractivity contribution in [2.45, 2.75) is 6.54 Å². The largest absolute Gasteiger partial charge is 0.368 e. The minimum atomic E-state index is 0. The normalized spacial score (nSPS) is 11.1. The molecule has 0 unspecified atom stereocenters. The summed E-state index contributed by atoms with van der Waals surface area (Å²) in [6, 6.07) is 16.4. The van der Waals surface area contributed by atoms with E-state index in [9.17, 15) is 0 Å². The van der Waals surface area contributed by atoms with Crippen LogP contribution in [0.5, 0.6) is 0 Å². The number of guanidine groups is 1. The van der Waals surface area contributed by atoms with Crippen LogP contribution < -0.4 is 10.6 Å². The monoisotopic (exact) mass is 478 g/mol. The lowest BCUT2D eigenvalue weighted by Gasteiger charge is -2.22. The number of hydrogen-bond acceptors (Lipinski definition) is 3. The number of fused-ring (bicyclic) bond motifs is 1. The lowest BCUT2D eigenvalue weighted by molar-refractivity contribution is 0.463. The minimum Gasteiger partial charge on any atom is -0.368 e. The Labute approximate surface area is 177 Å². The van der Waals surface area contributed by atoms with E-state index in [2.05, 4.69) is 67.6 Å². The Kier molecular flexibility index (Phi) is 7.90. The van der Waals surface area contributed by atoms with Crippen molar-refractivity contribution in [3.63, 3.8) is 0 Å². The Morgan fingerprint density at radius 3 is 2.67 bits per heavy atom. The number of benzene rings is 1. The summed E-state index contributed by atoms with van der Waals surface area (Å²) in [6.45, 7) is 2.34. The number of halogens is 1. The molecule has 6 nitrogen and oxygen atoms in total.